The maximum Gasteiger partial charge on any atom is 0.0107 e. The summed E-state index contributed by atoms with van der Waals surface area (Å²) in [7, 11) is 0. The lowest BCUT2D eigenvalue weighted by atomic mass is 10.0. The first-order valence-corrected chi connectivity index (χ1v) is 6.84. The lowest BCUT2D eigenvalue weighted by molar-refractivity contribution is 0.289. The summed E-state index contributed by atoms with van der Waals surface area (Å²) < 4.78 is 0. The molecule has 0 aliphatic carbocycles. The molecule has 94 valence electrons. The van der Waals surface area contributed by atoms with Gasteiger partial charge in [-0.05, 0) is 56.9 Å². The molecule has 1 aliphatic rings. The highest BCUT2D eigenvalue weighted by Crippen LogP contribution is 2.10. The second-order valence-electron chi connectivity index (χ2n) is 4.98. The standard InChI is InChI=1S/C15H24N2/c1-14-6-2-3-7-15(14)8-4-11-17-12-5-9-16-10-13-17/h2-3,6-7,16H,4-5,8-13H2,1H3. The molecule has 0 saturated carbocycles. The van der Waals surface area contributed by atoms with Crippen molar-refractivity contribution in [2.45, 2.75) is 26.2 Å². The Bertz CT molecular complexity index is 327. The van der Waals surface area contributed by atoms with Gasteiger partial charge in [-0.1, -0.05) is 24.3 Å². The fourth-order valence-corrected chi connectivity index (χ4v) is 2.51. The van der Waals surface area contributed by atoms with Gasteiger partial charge < -0.3 is 10.2 Å². The molecular weight excluding hydrogens is 208 g/mol. The third-order valence-corrected chi connectivity index (χ3v) is 3.61. The van der Waals surface area contributed by atoms with E-state index in [0.29, 0.717) is 0 Å². The van der Waals surface area contributed by atoms with Crippen molar-refractivity contribution in [2.24, 2.45) is 0 Å². The molecule has 0 bridgehead atoms. The van der Waals surface area contributed by atoms with E-state index in [4.69, 9.17) is 0 Å². The molecule has 0 amide bonds. The van der Waals surface area contributed by atoms with Crippen molar-refractivity contribution in [2.75, 3.05) is 32.7 Å². The van der Waals surface area contributed by atoms with E-state index in [1.54, 1.807) is 0 Å². The Morgan fingerprint density at radius 1 is 1.18 bits per heavy atom. The second kappa shape index (κ2) is 6.77. The number of hydrogen-bond acceptors (Lipinski definition) is 2. The monoisotopic (exact) mass is 232 g/mol. The average Bonchev–Trinajstić information content (AvgIpc) is 2.60. The predicted octanol–water partition coefficient (Wildman–Crippen LogP) is 2.22. The molecule has 2 heteroatoms. The minimum absolute atomic E-state index is 1.16. The van der Waals surface area contributed by atoms with Crippen LogP contribution in [0.25, 0.3) is 0 Å². The maximum absolute atomic E-state index is 3.45. The topological polar surface area (TPSA) is 15.3 Å². The zero-order chi connectivity index (χ0) is 11.9. The predicted molar refractivity (Wildman–Crippen MR) is 73.4 cm³/mol. The van der Waals surface area contributed by atoms with Crippen LogP contribution < -0.4 is 5.32 Å². The molecule has 0 spiro atoms. The Morgan fingerprint density at radius 3 is 2.94 bits per heavy atom. The van der Waals surface area contributed by atoms with Crippen molar-refractivity contribution in [3.63, 3.8) is 0 Å². The van der Waals surface area contributed by atoms with E-state index in [9.17, 15) is 0 Å². The van der Waals surface area contributed by atoms with Gasteiger partial charge >= 0.3 is 0 Å². The van der Waals surface area contributed by atoms with Crippen LogP contribution in [0.3, 0.4) is 0 Å². The zero-order valence-corrected chi connectivity index (χ0v) is 10.9. The van der Waals surface area contributed by atoms with Crippen molar-refractivity contribution in [3.05, 3.63) is 35.4 Å². The maximum atomic E-state index is 3.45. The Morgan fingerprint density at radius 2 is 2.06 bits per heavy atom. The van der Waals surface area contributed by atoms with E-state index in [1.165, 1.54) is 56.6 Å². The van der Waals surface area contributed by atoms with Gasteiger partial charge in [0.25, 0.3) is 0 Å². The fourth-order valence-electron chi connectivity index (χ4n) is 2.51. The summed E-state index contributed by atoms with van der Waals surface area (Å²) in [5.74, 6) is 0. The molecule has 0 radical (unpaired) electrons. The van der Waals surface area contributed by atoms with Crippen molar-refractivity contribution in [1.82, 2.24) is 10.2 Å². The molecule has 1 fully saturated rings. The van der Waals surface area contributed by atoms with Crippen molar-refractivity contribution in [1.29, 1.82) is 0 Å². The average molecular weight is 232 g/mol. The van der Waals surface area contributed by atoms with E-state index in [1.807, 2.05) is 0 Å². The van der Waals surface area contributed by atoms with Crippen LogP contribution in [0.1, 0.15) is 24.0 Å². The van der Waals surface area contributed by atoms with Crippen molar-refractivity contribution < 1.29 is 0 Å². The molecule has 1 aliphatic heterocycles. The summed E-state index contributed by atoms with van der Waals surface area (Å²) in [5.41, 5.74) is 2.95. The minimum atomic E-state index is 1.16. The number of aryl methyl sites for hydroxylation is 2. The number of benzene rings is 1. The Hall–Kier alpha value is -0.860. The summed E-state index contributed by atoms with van der Waals surface area (Å²) in [6.45, 7) is 8.29. The molecule has 1 saturated heterocycles. The van der Waals surface area contributed by atoms with Crippen LogP contribution in [0.15, 0.2) is 24.3 Å². The number of nitrogens with one attached hydrogen (secondary N) is 1. The number of rotatable bonds is 4. The second-order valence-corrected chi connectivity index (χ2v) is 4.98. The fraction of sp³-hybridized carbons (Fsp3) is 0.600. The van der Waals surface area contributed by atoms with Gasteiger partial charge in [-0.15, -0.1) is 0 Å². The molecule has 1 aromatic carbocycles. The van der Waals surface area contributed by atoms with E-state index < -0.39 is 0 Å². The van der Waals surface area contributed by atoms with Crippen molar-refractivity contribution >= 4 is 0 Å². The Balaban J connectivity index is 1.73. The van der Waals surface area contributed by atoms with Crippen LogP contribution in [0, 0.1) is 6.92 Å². The van der Waals surface area contributed by atoms with Crippen LogP contribution in [0.2, 0.25) is 0 Å². The van der Waals surface area contributed by atoms with Gasteiger partial charge in [-0.3, -0.25) is 0 Å². The highest BCUT2D eigenvalue weighted by Gasteiger charge is 2.07. The molecule has 1 aromatic rings. The first-order valence-electron chi connectivity index (χ1n) is 6.84. The van der Waals surface area contributed by atoms with Gasteiger partial charge in [-0.2, -0.15) is 0 Å². The first kappa shape index (κ1) is 12.6. The normalized spacial score (nSPS) is 17.9. The Kier molecular flexibility index (Phi) is 5.02. The van der Waals surface area contributed by atoms with Crippen LogP contribution in [0.5, 0.6) is 0 Å². The Labute approximate surface area is 105 Å². The SMILES string of the molecule is Cc1ccccc1CCCN1CCCNCC1. The third kappa shape index (κ3) is 4.14. The summed E-state index contributed by atoms with van der Waals surface area (Å²) in [4.78, 5) is 2.60. The van der Waals surface area contributed by atoms with E-state index in [0.717, 1.165) is 6.54 Å². The van der Waals surface area contributed by atoms with Gasteiger partial charge in [0.2, 0.25) is 0 Å². The minimum Gasteiger partial charge on any atom is -0.315 e. The van der Waals surface area contributed by atoms with E-state index in [-0.39, 0.29) is 0 Å². The highest BCUT2D eigenvalue weighted by molar-refractivity contribution is 5.25. The largest absolute Gasteiger partial charge is 0.315 e. The van der Waals surface area contributed by atoms with E-state index >= 15 is 0 Å². The van der Waals surface area contributed by atoms with Crippen LogP contribution in [0.4, 0.5) is 0 Å². The summed E-state index contributed by atoms with van der Waals surface area (Å²) in [5, 5.41) is 3.45. The lowest BCUT2D eigenvalue weighted by Crippen LogP contribution is -2.29. The molecule has 2 rings (SSSR count). The molecular formula is C15H24N2. The van der Waals surface area contributed by atoms with Crippen LogP contribution in [-0.4, -0.2) is 37.6 Å². The smallest absolute Gasteiger partial charge is 0.0107 e. The van der Waals surface area contributed by atoms with Gasteiger partial charge in [0.1, 0.15) is 0 Å². The van der Waals surface area contributed by atoms with Crippen LogP contribution >= 0.6 is 0 Å². The van der Waals surface area contributed by atoms with Crippen molar-refractivity contribution in [3.8, 4) is 0 Å². The molecule has 17 heavy (non-hydrogen) atoms. The first-order chi connectivity index (χ1) is 8.36. The molecule has 1 heterocycles. The highest BCUT2D eigenvalue weighted by atomic mass is 15.1. The lowest BCUT2D eigenvalue weighted by Gasteiger charge is -2.19. The zero-order valence-electron chi connectivity index (χ0n) is 10.9. The summed E-state index contributed by atoms with van der Waals surface area (Å²) in [6, 6.07) is 8.75. The molecule has 0 atom stereocenters. The molecule has 0 aromatic heterocycles. The third-order valence-electron chi connectivity index (χ3n) is 3.61. The molecule has 2 nitrogen and oxygen atoms in total. The van der Waals surface area contributed by atoms with Gasteiger partial charge in [-0.25, -0.2) is 0 Å². The molecule has 1 N–H and O–H groups in total. The van der Waals surface area contributed by atoms with Gasteiger partial charge in [0, 0.05) is 13.1 Å². The summed E-state index contributed by atoms with van der Waals surface area (Å²) in [6.07, 6.45) is 3.80. The number of hydrogen-bond donors (Lipinski definition) is 1. The van der Waals surface area contributed by atoms with Gasteiger partial charge in [0.05, 0.1) is 0 Å². The molecule has 0 unspecified atom stereocenters. The van der Waals surface area contributed by atoms with Gasteiger partial charge in [0.15, 0.2) is 0 Å². The van der Waals surface area contributed by atoms with E-state index in [2.05, 4.69) is 41.4 Å². The summed E-state index contributed by atoms with van der Waals surface area (Å²) >= 11 is 0. The number of nitrogens with zero attached hydrogens (tertiary/aromatic N) is 1. The van der Waals surface area contributed by atoms with Crippen LogP contribution in [-0.2, 0) is 6.42 Å². The quantitative estimate of drug-likeness (QED) is 0.856.